The molecule has 4 nitrogen and oxygen atoms in total. The fourth-order valence-electron chi connectivity index (χ4n) is 3.40. The molecule has 1 amide bonds. The summed E-state index contributed by atoms with van der Waals surface area (Å²) in [5.41, 5.74) is 1.30. The molecule has 1 heterocycles. The van der Waals surface area contributed by atoms with Crippen LogP contribution in [0, 0.1) is 0 Å². The number of hydrogen-bond donors (Lipinski definition) is 0. The minimum atomic E-state index is -0.736. The molecular formula is C19H19NO3. The number of para-hydroxylation sites is 1. The topological polar surface area (TPSA) is 46.6 Å². The van der Waals surface area contributed by atoms with Crippen LogP contribution in [0.25, 0.3) is 0 Å². The quantitative estimate of drug-likeness (QED) is 0.799. The number of amides is 1. The average molecular weight is 309 g/mol. The molecular weight excluding hydrogens is 290 g/mol. The van der Waals surface area contributed by atoms with Gasteiger partial charge in [-0.15, -0.1) is 0 Å². The summed E-state index contributed by atoms with van der Waals surface area (Å²) < 4.78 is 5.02. The minimum Gasteiger partial charge on any atom is -0.468 e. The number of esters is 1. The van der Waals surface area contributed by atoms with Crippen molar-refractivity contribution in [3.8, 4) is 0 Å². The SMILES string of the molecule is COC(=O)C1c2ccccc2C(=O)N(c2ccccc2)C1(C)C. The zero-order valence-corrected chi connectivity index (χ0v) is 13.4. The Hall–Kier alpha value is -2.62. The molecule has 3 rings (SSSR count). The van der Waals surface area contributed by atoms with E-state index < -0.39 is 11.5 Å². The van der Waals surface area contributed by atoms with E-state index in [4.69, 9.17) is 4.74 Å². The van der Waals surface area contributed by atoms with Gasteiger partial charge in [0.25, 0.3) is 5.91 Å². The van der Waals surface area contributed by atoms with E-state index in [2.05, 4.69) is 0 Å². The van der Waals surface area contributed by atoms with E-state index in [0.29, 0.717) is 5.56 Å². The normalized spacial score (nSPS) is 19.2. The number of carbonyl (C=O) groups is 2. The van der Waals surface area contributed by atoms with Gasteiger partial charge in [-0.25, -0.2) is 0 Å². The Morgan fingerprint density at radius 3 is 2.30 bits per heavy atom. The number of nitrogens with zero attached hydrogens (tertiary/aromatic N) is 1. The van der Waals surface area contributed by atoms with E-state index >= 15 is 0 Å². The maximum Gasteiger partial charge on any atom is 0.315 e. The van der Waals surface area contributed by atoms with E-state index in [1.54, 1.807) is 11.0 Å². The van der Waals surface area contributed by atoms with Crippen LogP contribution < -0.4 is 4.90 Å². The molecule has 0 radical (unpaired) electrons. The maximum atomic E-state index is 13.1. The highest BCUT2D eigenvalue weighted by atomic mass is 16.5. The van der Waals surface area contributed by atoms with Crippen LogP contribution in [-0.4, -0.2) is 24.5 Å². The van der Waals surface area contributed by atoms with Gasteiger partial charge in [0.05, 0.1) is 12.6 Å². The molecule has 1 atom stereocenters. The van der Waals surface area contributed by atoms with Crippen molar-refractivity contribution in [2.75, 3.05) is 12.0 Å². The van der Waals surface area contributed by atoms with Gasteiger partial charge in [0, 0.05) is 11.3 Å². The summed E-state index contributed by atoms with van der Waals surface area (Å²) in [7, 11) is 1.38. The van der Waals surface area contributed by atoms with E-state index in [1.807, 2.05) is 62.4 Å². The molecule has 1 aliphatic heterocycles. The van der Waals surface area contributed by atoms with Gasteiger partial charge in [-0.3, -0.25) is 9.59 Å². The number of anilines is 1. The lowest BCUT2D eigenvalue weighted by Gasteiger charge is -2.47. The van der Waals surface area contributed by atoms with Crippen LogP contribution in [0.2, 0.25) is 0 Å². The van der Waals surface area contributed by atoms with Crippen molar-refractivity contribution < 1.29 is 14.3 Å². The molecule has 0 fully saturated rings. The molecule has 4 heteroatoms. The van der Waals surface area contributed by atoms with Gasteiger partial charge in [0.15, 0.2) is 0 Å². The fraction of sp³-hybridized carbons (Fsp3) is 0.263. The largest absolute Gasteiger partial charge is 0.468 e. The third kappa shape index (κ3) is 2.31. The van der Waals surface area contributed by atoms with Crippen LogP contribution >= 0.6 is 0 Å². The molecule has 118 valence electrons. The van der Waals surface area contributed by atoms with Crippen LogP contribution in [0.5, 0.6) is 0 Å². The summed E-state index contributed by atoms with van der Waals surface area (Å²) in [6.45, 7) is 3.80. The molecule has 0 saturated carbocycles. The molecule has 0 N–H and O–H groups in total. The van der Waals surface area contributed by atoms with Gasteiger partial charge in [-0.2, -0.15) is 0 Å². The van der Waals surface area contributed by atoms with Crippen molar-refractivity contribution in [3.63, 3.8) is 0 Å². The number of carbonyl (C=O) groups excluding carboxylic acids is 2. The third-order valence-electron chi connectivity index (χ3n) is 4.44. The number of hydrogen-bond acceptors (Lipinski definition) is 3. The van der Waals surface area contributed by atoms with Gasteiger partial charge in [-0.1, -0.05) is 36.4 Å². The van der Waals surface area contributed by atoms with Crippen LogP contribution in [0.15, 0.2) is 54.6 Å². The fourth-order valence-corrected chi connectivity index (χ4v) is 3.40. The molecule has 2 aromatic rings. The lowest BCUT2D eigenvalue weighted by Crippen LogP contribution is -2.57. The monoisotopic (exact) mass is 309 g/mol. The Morgan fingerprint density at radius 2 is 1.65 bits per heavy atom. The van der Waals surface area contributed by atoms with Crippen molar-refractivity contribution in [1.82, 2.24) is 0 Å². The number of fused-ring (bicyclic) bond motifs is 1. The molecule has 2 aromatic carbocycles. The van der Waals surface area contributed by atoms with Crippen molar-refractivity contribution in [2.45, 2.75) is 25.3 Å². The standard InChI is InChI=1S/C19H19NO3/c1-19(2)16(18(22)23-3)14-11-7-8-12-15(14)17(21)20(19)13-9-5-4-6-10-13/h4-12,16H,1-3H3. The van der Waals surface area contributed by atoms with Gasteiger partial charge in [0.2, 0.25) is 0 Å². The molecule has 0 spiro atoms. The third-order valence-corrected chi connectivity index (χ3v) is 4.44. The molecule has 1 aliphatic rings. The second kappa shape index (κ2) is 5.54. The van der Waals surface area contributed by atoms with Crippen LogP contribution in [-0.2, 0) is 9.53 Å². The van der Waals surface area contributed by atoms with Gasteiger partial charge in [-0.05, 0) is 37.6 Å². The van der Waals surface area contributed by atoms with E-state index in [0.717, 1.165) is 11.3 Å². The molecule has 1 unspecified atom stereocenters. The van der Waals surface area contributed by atoms with Gasteiger partial charge < -0.3 is 9.64 Å². The highest BCUT2D eigenvalue weighted by Crippen LogP contribution is 2.43. The summed E-state index contributed by atoms with van der Waals surface area (Å²) in [4.78, 5) is 27.2. The Bertz CT molecular complexity index is 752. The van der Waals surface area contributed by atoms with E-state index in [-0.39, 0.29) is 11.9 Å². The van der Waals surface area contributed by atoms with Crippen molar-refractivity contribution in [2.24, 2.45) is 0 Å². The first-order valence-electron chi connectivity index (χ1n) is 7.55. The first-order chi connectivity index (χ1) is 11.0. The smallest absolute Gasteiger partial charge is 0.315 e. The second-order valence-corrected chi connectivity index (χ2v) is 6.17. The highest BCUT2D eigenvalue weighted by Gasteiger charge is 2.50. The Balaban J connectivity index is 2.24. The van der Waals surface area contributed by atoms with E-state index in [9.17, 15) is 9.59 Å². The predicted octanol–water partition coefficient (Wildman–Crippen LogP) is 3.38. The minimum absolute atomic E-state index is 0.100. The summed E-state index contributed by atoms with van der Waals surface area (Å²) in [6, 6.07) is 16.7. The number of ether oxygens (including phenoxy) is 1. The number of benzene rings is 2. The first-order valence-corrected chi connectivity index (χ1v) is 7.55. The van der Waals surface area contributed by atoms with Gasteiger partial charge >= 0.3 is 5.97 Å². The van der Waals surface area contributed by atoms with Gasteiger partial charge in [0.1, 0.15) is 5.92 Å². The molecule has 0 aromatic heterocycles. The zero-order chi connectivity index (χ0) is 16.6. The van der Waals surface area contributed by atoms with Crippen LogP contribution in [0.4, 0.5) is 5.69 Å². The number of methoxy groups -OCH3 is 1. The van der Waals surface area contributed by atoms with E-state index in [1.165, 1.54) is 7.11 Å². The number of rotatable bonds is 2. The maximum absolute atomic E-state index is 13.1. The Morgan fingerprint density at radius 1 is 1.04 bits per heavy atom. The average Bonchev–Trinajstić information content (AvgIpc) is 2.55. The molecule has 23 heavy (non-hydrogen) atoms. The lowest BCUT2D eigenvalue weighted by molar-refractivity contribution is -0.144. The Kier molecular flexibility index (Phi) is 3.68. The van der Waals surface area contributed by atoms with Crippen LogP contribution in [0.3, 0.4) is 0 Å². The molecule has 0 aliphatic carbocycles. The van der Waals surface area contributed by atoms with Crippen molar-refractivity contribution >= 4 is 17.6 Å². The summed E-state index contributed by atoms with van der Waals surface area (Å²) >= 11 is 0. The van der Waals surface area contributed by atoms with Crippen LogP contribution in [0.1, 0.15) is 35.7 Å². The lowest BCUT2D eigenvalue weighted by atomic mass is 9.74. The zero-order valence-electron chi connectivity index (χ0n) is 13.4. The molecule has 0 bridgehead atoms. The van der Waals surface area contributed by atoms with Crippen molar-refractivity contribution in [3.05, 3.63) is 65.7 Å². The summed E-state index contributed by atoms with van der Waals surface area (Å²) in [5.74, 6) is -0.977. The summed E-state index contributed by atoms with van der Waals surface area (Å²) in [5, 5.41) is 0. The second-order valence-electron chi connectivity index (χ2n) is 6.17. The first kappa shape index (κ1) is 15.3. The predicted molar refractivity (Wildman–Crippen MR) is 88.5 cm³/mol. The molecule has 0 saturated heterocycles. The summed E-state index contributed by atoms with van der Waals surface area (Å²) in [6.07, 6.45) is 0. The Labute approximate surface area is 135 Å². The highest BCUT2D eigenvalue weighted by molar-refractivity contribution is 6.11. The van der Waals surface area contributed by atoms with Crippen molar-refractivity contribution in [1.29, 1.82) is 0 Å².